The summed E-state index contributed by atoms with van der Waals surface area (Å²) >= 11 is 5.87. The SMILES string of the molecule is COc1cc(CNc2ccc(Cl)c(C(=O)O)c2)cc(OC)c1OC. The molecule has 0 aliphatic rings. The molecular weight excluding hydrogens is 334 g/mol. The van der Waals surface area contributed by atoms with Crippen molar-refractivity contribution in [3.63, 3.8) is 0 Å². The Morgan fingerprint density at radius 1 is 1.08 bits per heavy atom. The first kappa shape index (κ1) is 17.7. The molecule has 0 aromatic heterocycles. The summed E-state index contributed by atoms with van der Waals surface area (Å²) < 4.78 is 15.9. The minimum Gasteiger partial charge on any atom is -0.493 e. The number of halogens is 1. The highest BCUT2D eigenvalue weighted by Gasteiger charge is 2.13. The Kier molecular flexibility index (Phi) is 5.76. The topological polar surface area (TPSA) is 77.0 Å². The average molecular weight is 352 g/mol. The molecule has 0 saturated carbocycles. The van der Waals surface area contributed by atoms with Crippen LogP contribution in [-0.2, 0) is 6.54 Å². The van der Waals surface area contributed by atoms with Gasteiger partial charge in [0.05, 0.1) is 31.9 Å². The lowest BCUT2D eigenvalue weighted by molar-refractivity contribution is 0.0697. The van der Waals surface area contributed by atoms with Crippen LogP contribution in [0.15, 0.2) is 30.3 Å². The van der Waals surface area contributed by atoms with Crippen LogP contribution in [-0.4, -0.2) is 32.4 Å². The molecule has 0 aliphatic heterocycles. The third-order valence-corrected chi connectivity index (χ3v) is 3.75. The second kappa shape index (κ2) is 7.79. The lowest BCUT2D eigenvalue weighted by Gasteiger charge is -2.15. The first-order chi connectivity index (χ1) is 11.5. The molecule has 0 saturated heterocycles. The second-order valence-corrected chi connectivity index (χ2v) is 5.29. The minimum absolute atomic E-state index is 0.0477. The number of rotatable bonds is 7. The van der Waals surface area contributed by atoms with Gasteiger partial charge in [0.1, 0.15) is 0 Å². The van der Waals surface area contributed by atoms with E-state index in [9.17, 15) is 4.79 Å². The van der Waals surface area contributed by atoms with E-state index in [0.717, 1.165) is 5.56 Å². The largest absolute Gasteiger partial charge is 0.493 e. The Bertz CT molecular complexity index is 723. The van der Waals surface area contributed by atoms with E-state index in [1.54, 1.807) is 33.5 Å². The van der Waals surface area contributed by atoms with Crippen LogP contribution in [0.3, 0.4) is 0 Å². The van der Waals surface area contributed by atoms with Gasteiger partial charge in [0.2, 0.25) is 5.75 Å². The number of hydrogen-bond acceptors (Lipinski definition) is 5. The van der Waals surface area contributed by atoms with Gasteiger partial charge < -0.3 is 24.6 Å². The fourth-order valence-corrected chi connectivity index (χ4v) is 2.44. The molecule has 0 aliphatic carbocycles. The van der Waals surface area contributed by atoms with Crippen molar-refractivity contribution in [2.75, 3.05) is 26.6 Å². The Hall–Kier alpha value is -2.60. The summed E-state index contributed by atoms with van der Waals surface area (Å²) in [4.78, 5) is 11.1. The van der Waals surface area contributed by atoms with Crippen molar-refractivity contribution in [1.29, 1.82) is 0 Å². The number of nitrogens with one attached hydrogen (secondary N) is 1. The third-order valence-electron chi connectivity index (χ3n) is 3.42. The van der Waals surface area contributed by atoms with Gasteiger partial charge in [0, 0.05) is 12.2 Å². The Morgan fingerprint density at radius 3 is 2.21 bits per heavy atom. The standard InChI is InChI=1S/C17H18ClNO5/c1-22-14-6-10(7-15(23-2)16(14)24-3)9-19-11-4-5-13(18)12(8-11)17(20)21/h4-8,19H,9H2,1-3H3,(H,20,21). The van der Waals surface area contributed by atoms with Crippen LogP contribution in [0.5, 0.6) is 17.2 Å². The van der Waals surface area contributed by atoms with E-state index < -0.39 is 5.97 Å². The Balaban J connectivity index is 2.23. The maximum Gasteiger partial charge on any atom is 0.337 e. The molecule has 0 fully saturated rings. The first-order valence-electron chi connectivity index (χ1n) is 7.05. The van der Waals surface area contributed by atoms with Gasteiger partial charge in [-0.2, -0.15) is 0 Å². The van der Waals surface area contributed by atoms with E-state index in [1.807, 2.05) is 12.1 Å². The zero-order valence-electron chi connectivity index (χ0n) is 13.6. The highest BCUT2D eigenvalue weighted by Crippen LogP contribution is 2.38. The zero-order chi connectivity index (χ0) is 17.7. The van der Waals surface area contributed by atoms with E-state index in [2.05, 4.69) is 5.32 Å². The van der Waals surface area contributed by atoms with Crippen molar-refractivity contribution in [2.45, 2.75) is 6.54 Å². The smallest absolute Gasteiger partial charge is 0.337 e. The number of hydrogen-bond donors (Lipinski definition) is 2. The van der Waals surface area contributed by atoms with Crippen molar-refractivity contribution in [3.05, 3.63) is 46.5 Å². The molecule has 0 spiro atoms. The number of anilines is 1. The molecule has 2 rings (SSSR count). The highest BCUT2D eigenvalue weighted by atomic mass is 35.5. The first-order valence-corrected chi connectivity index (χ1v) is 7.43. The van der Waals surface area contributed by atoms with E-state index >= 15 is 0 Å². The Labute approximate surface area is 144 Å². The summed E-state index contributed by atoms with van der Waals surface area (Å²) in [5.41, 5.74) is 1.58. The van der Waals surface area contributed by atoms with E-state index in [1.165, 1.54) is 6.07 Å². The van der Waals surface area contributed by atoms with Crippen LogP contribution < -0.4 is 19.5 Å². The molecule has 2 N–H and O–H groups in total. The van der Waals surface area contributed by atoms with Gasteiger partial charge in [-0.05, 0) is 35.9 Å². The molecule has 0 heterocycles. The lowest BCUT2D eigenvalue weighted by Crippen LogP contribution is -2.04. The molecule has 2 aromatic rings. The monoisotopic (exact) mass is 351 g/mol. The predicted octanol–water partition coefficient (Wildman–Crippen LogP) is 3.68. The van der Waals surface area contributed by atoms with Crippen molar-refractivity contribution in [1.82, 2.24) is 0 Å². The fourth-order valence-electron chi connectivity index (χ4n) is 2.24. The van der Waals surface area contributed by atoms with Crippen LogP contribution in [0.4, 0.5) is 5.69 Å². The lowest BCUT2D eigenvalue weighted by atomic mass is 10.1. The molecular formula is C17H18ClNO5. The molecule has 24 heavy (non-hydrogen) atoms. The summed E-state index contributed by atoms with van der Waals surface area (Å²) in [6.45, 7) is 0.442. The maximum absolute atomic E-state index is 11.1. The van der Waals surface area contributed by atoms with Gasteiger partial charge in [0.25, 0.3) is 0 Å². The number of aromatic carboxylic acids is 1. The summed E-state index contributed by atoms with van der Waals surface area (Å²) in [6.07, 6.45) is 0. The highest BCUT2D eigenvalue weighted by molar-refractivity contribution is 6.33. The molecule has 0 unspecified atom stereocenters. The van der Waals surface area contributed by atoms with Crippen molar-refractivity contribution in [2.24, 2.45) is 0 Å². The van der Waals surface area contributed by atoms with E-state index in [-0.39, 0.29) is 10.6 Å². The number of carboxylic acid groups (broad SMARTS) is 1. The minimum atomic E-state index is -1.07. The summed E-state index contributed by atoms with van der Waals surface area (Å²) in [6, 6.07) is 8.39. The number of benzene rings is 2. The molecule has 0 atom stereocenters. The van der Waals surface area contributed by atoms with Crippen LogP contribution >= 0.6 is 11.6 Å². The third kappa shape index (κ3) is 3.83. The van der Waals surface area contributed by atoms with Gasteiger partial charge in [-0.1, -0.05) is 11.6 Å². The van der Waals surface area contributed by atoms with Crippen LogP contribution in [0.25, 0.3) is 0 Å². The summed E-state index contributed by atoms with van der Waals surface area (Å²) in [5.74, 6) is 0.548. The predicted molar refractivity (Wildman–Crippen MR) is 91.8 cm³/mol. The molecule has 6 nitrogen and oxygen atoms in total. The number of carboxylic acids is 1. The molecule has 7 heteroatoms. The summed E-state index contributed by atoms with van der Waals surface area (Å²) in [5, 5.41) is 12.5. The maximum atomic E-state index is 11.1. The second-order valence-electron chi connectivity index (χ2n) is 4.89. The number of carbonyl (C=O) groups is 1. The van der Waals surface area contributed by atoms with Crippen molar-refractivity contribution < 1.29 is 24.1 Å². The number of ether oxygens (including phenoxy) is 3. The van der Waals surface area contributed by atoms with Gasteiger partial charge in [-0.3, -0.25) is 0 Å². The zero-order valence-corrected chi connectivity index (χ0v) is 14.3. The molecule has 0 amide bonds. The Morgan fingerprint density at radius 2 is 1.71 bits per heavy atom. The normalized spacial score (nSPS) is 10.2. The van der Waals surface area contributed by atoms with Crippen LogP contribution in [0, 0.1) is 0 Å². The molecule has 128 valence electrons. The quantitative estimate of drug-likeness (QED) is 0.792. The fraction of sp³-hybridized carbons (Fsp3) is 0.235. The summed E-state index contributed by atoms with van der Waals surface area (Å²) in [7, 11) is 4.64. The van der Waals surface area contributed by atoms with E-state index in [4.69, 9.17) is 30.9 Å². The molecule has 0 bridgehead atoms. The van der Waals surface area contributed by atoms with Crippen LogP contribution in [0.2, 0.25) is 5.02 Å². The molecule has 0 radical (unpaired) electrons. The van der Waals surface area contributed by atoms with Gasteiger partial charge >= 0.3 is 5.97 Å². The number of methoxy groups -OCH3 is 3. The molecule has 2 aromatic carbocycles. The van der Waals surface area contributed by atoms with E-state index in [0.29, 0.717) is 29.5 Å². The van der Waals surface area contributed by atoms with Crippen molar-refractivity contribution in [3.8, 4) is 17.2 Å². The van der Waals surface area contributed by atoms with Gasteiger partial charge in [-0.15, -0.1) is 0 Å². The van der Waals surface area contributed by atoms with Crippen LogP contribution in [0.1, 0.15) is 15.9 Å². The van der Waals surface area contributed by atoms with Gasteiger partial charge in [0.15, 0.2) is 11.5 Å². The average Bonchev–Trinajstić information content (AvgIpc) is 2.59. The van der Waals surface area contributed by atoms with Crippen molar-refractivity contribution >= 4 is 23.3 Å². The van der Waals surface area contributed by atoms with Gasteiger partial charge in [-0.25, -0.2) is 4.79 Å².